The standard InChI is InChI=1S/C27H32N6O6/c1-9-37-23(34)17-14-29-33-20(31(8)24(35)38-26(2,3)4)13-19(30-22(17)33)18-15-32(25(36)39-27(5,6)7)21-16(18)11-10-12-28-21/h10-15H,9H2,1-8H3. The maximum atomic E-state index is 13.0. The Labute approximate surface area is 225 Å². The molecule has 0 saturated carbocycles. The third-order valence-corrected chi connectivity index (χ3v) is 5.39. The highest BCUT2D eigenvalue weighted by Gasteiger charge is 2.27. The van der Waals surface area contributed by atoms with Gasteiger partial charge < -0.3 is 14.2 Å². The molecule has 1 amide bonds. The number of aromatic nitrogens is 5. The Kier molecular flexibility index (Phi) is 7.07. The summed E-state index contributed by atoms with van der Waals surface area (Å²) in [6, 6.07) is 5.16. The smallest absolute Gasteiger partial charge is 0.420 e. The van der Waals surface area contributed by atoms with Crippen molar-refractivity contribution in [2.75, 3.05) is 18.6 Å². The predicted molar refractivity (Wildman–Crippen MR) is 144 cm³/mol. The first-order chi connectivity index (χ1) is 18.2. The number of rotatable bonds is 4. The summed E-state index contributed by atoms with van der Waals surface area (Å²) < 4.78 is 19.0. The molecule has 0 bridgehead atoms. The summed E-state index contributed by atoms with van der Waals surface area (Å²) in [4.78, 5) is 49.1. The van der Waals surface area contributed by atoms with Crippen molar-refractivity contribution in [3.05, 3.63) is 42.4 Å². The third kappa shape index (κ3) is 5.69. The molecule has 0 aromatic carbocycles. The molecule has 0 N–H and O–H groups in total. The molecule has 0 aliphatic rings. The molecule has 0 saturated heterocycles. The zero-order chi connectivity index (χ0) is 28.7. The number of nitrogens with zero attached hydrogens (tertiary/aromatic N) is 6. The second kappa shape index (κ2) is 10.0. The Morgan fingerprint density at radius 3 is 2.36 bits per heavy atom. The van der Waals surface area contributed by atoms with Gasteiger partial charge in [-0.3, -0.25) is 4.90 Å². The van der Waals surface area contributed by atoms with Crippen molar-refractivity contribution in [1.29, 1.82) is 0 Å². The number of fused-ring (bicyclic) bond motifs is 2. The second-order valence-corrected chi connectivity index (χ2v) is 10.8. The van der Waals surface area contributed by atoms with Gasteiger partial charge in [-0.25, -0.2) is 28.9 Å². The number of ether oxygens (including phenoxy) is 3. The van der Waals surface area contributed by atoms with Gasteiger partial charge in [0.05, 0.1) is 18.5 Å². The van der Waals surface area contributed by atoms with Crippen LogP contribution in [0.25, 0.3) is 27.9 Å². The van der Waals surface area contributed by atoms with Gasteiger partial charge in [0, 0.05) is 36.5 Å². The van der Waals surface area contributed by atoms with Crippen molar-refractivity contribution in [2.24, 2.45) is 0 Å². The fraction of sp³-hybridized carbons (Fsp3) is 0.407. The Hall–Kier alpha value is -4.48. The molecule has 0 spiro atoms. The lowest BCUT2D eigenvalue weighted by Gasteiger charge is -2.25. The molecule has 0 aliphatic heterocycles. The Morgan fingerprint density at radius 2 is 1.72 bits per heavy atom. The number of esters is 1. The SMILES string of the molecule is CCOC(=O)c1cnn2c(N(C)C(=O)OC(C)(C)C)cc(-c3cn(C(=O)OC(C)(C)C)c4ncccc34)nc12. The molecule has 0 aliphatic carbocycles. The monoisotopic (exact) mass is 536 g/mol. The van der Waals surface area contributed by atoms with Crippen LogP contribution >= 0.6 is 0 Å². The molecule has 39 heavy (non-hydrogen) atoms. The van der Waals surface area contributed by atoms with Crippen LogP contribution in [0.15, 0.2) is 36.8 Å². The maximum absolute atomic E-state index is 13.0. The molecule has 4 aromatic rings. The quantitative estimate of drug-likeness (QED) is 0.259. The van der Waals surface area contributed by atoms with E-state index in [9.17, 15) is 14.4 Å². The van der Waals surface area contributed by atoms with E-state index in [1.807, 2.05) is 0 Å². The van der Waals surface area contributed by atoms with Crippen LogP contribution < -0.4 is 4.90 Å². The topological polar surface area (TPSA) is 130 Å². The van der Waals surface area contributed by atoms with Gasteiger partial charge in [0.2, 0.25) is 0 Å². The fourth-order valence-corrected chi connectivity index (χ4v) is 3.81. The van der Waals surface area contributed by atoms with E-state index in [2.05, 4.69) is 10.1 Å². The van der Waals surface area contributed by atoms with Gasteiger partial charge in [-0.2, -0.15) is 9.61 Å². The zero-order valence-electron chi connectivity index (χ0n) is 23.3. The molecule has 0 atom stereocenters. The van der Waals surface area contributed by atoms with Crippen molar-refractivity contribution in [3.63, 3.8) is 0 Å². The summed E-state index contributed by atoms with van der Waals surface area (Å²) >= 11 is 0. The minimum atomic E-state index is -0.743. The van der Waals surface area contributed by atoms with Gasteiger partial charge in [-0.05, 0) is 60.6 Å². The Bertz CT molecular complexity index is 1570. The first-order valence-corrected chi connectivity index (χ1v) is 12.4. The zero-order valence-corrected chi connectivity index (χ0v) is 23.3. The van der Waals surface area contributed by atoms with Crippen molar-refractivity contribution in [2.45, 2.75) is 59.7 Å². The molecule has 0 fully saturated rings. The molecule has 4 heterocycles. The van der Waals surface area contributed by atoms with Crippen LogP contribution in [0.2, 0.25) is 0 Å². The molecule has 0 radical (unpaired) electrons. The summed E-state index contributed by atoms with van der Waals surface area (Å²) in [5.74, 6) is -0.331. The first kappa shape index (κ1) is 27.6. The van der Waals surface area contributed by atoms with E-state index in [1.165, 1.54) is 27.2 Å². The lowest BCUT2D eigenvalue weighted by atomic mass is 10.1. The van der Waals surface area contributed by atoms with E-state index in [-0.39, 0.29) is 23.6 Å². The summed E-state index contributed by atoms with van der Waals surface area (Å²) in [7, 11) is 1.53. The number of hydrogen-bond donors (Lipinski definition) is 0. The fourth-order valence-electron chi connectivity index (χ4n) is 3.81. The van der Waals surface area contributed by atoms with Crippen molar-refractivity contribution in [1.82, 2.24) is 24.1 Å². The van der Waals surface area contributed by atoms with Crippen LogP contribution in [0, 0.1) is 0 Å². The van der Waals surface area contributed by atoms with Crippen LogP contribution in [-0.2, 0) is 14.2 Å². The molecular formula is C27H32N6O6. The first-order valence-electron chi connectivity index (χ1n) is 12.4. The van der Waals surface area contributed by atoms with Gasteiger partial charge in [-0.1, -0.05) is 0 Å². The minimum Gasteiger partial charge on any atom is -0.462 e. The molecule has 4 aromatic heterocycles. The summed E-state index contributed by atoms with van der Waals surface area (Å²) in [6.45, 7) is 12.5. The molecule has 0 unspecified atom stereocenters. The Balaban J connectivity index is 1.95. The number of hydrogen-bond acceptors (Lipinski definition) is 9. The van der Waals surface area contributed by atoms with E-state index < -0.39 is 29.4 Å². The average molecular weight is 537 g/mol. The maximum Gasteiger partial charge on any atom is 0.420 e. The van der Waals surface area contributed by atoms with E-state index in [0.717, 1.165) is 0 Å². The number of amides is 1. The molecule has 206 valence electrons. The predicted octanol–water partition coefficient (Wildman–Crippen LogP) is 5.08. The largest absolute Gasteiger partial charge is 0.462 e. The summed E-state index contributed by atoms with van der Waals surface area (Å²) in [5, 5.41) is 4.92. The lowest BCUT2D eigenvalue weighted by Crippen LogP contribution is -2.35. The lowest BCUT2D eigenvalue weighted by molar-refractivity contribution is 0.0523. The highest BCUT2D eigenvalue weighted by molar-refractivity contribution is 6.00. The van der Waals surface area contributed by atoms with E-state index in [1.54, 1.807) is 79.1 Å². The van der Waals surface area contributed by atoms with Crippen LogP contribution in [0.1, 0.15) is 58.8 Å². The van der Waals surface area contributed by atoms with E-state index >= 15 is 0 Å². The molecular weight excluding hydrogens is 504 g/mol. The van der Waals surface area contributed by atoms with E-state index in [0.29, 0.717) is 22.3 Å². The number of pyridine rings is 1. The minimum absolute atomic E-state index is 0.117. The van der Waals surface area contributed by atoms with Gasteiger partial charge >= 0.3 is 18.2 Å². The van der Waals surface area contributed by atoms with Crippen molar-refractivity contribution >= 4 is 40.7 Å². The van der Waals surface area contributed by atoms with Gasteiger partial charge in [0.15, 0.2) is 5.65 Å². The van der Waals surface area contributed by atoms with Crippen LogP contribution in [0.4, 0.5) is 15.4 Å². The second-order valence-electron chi connectivity index (χ2n) is 10.8. The van der Waals surface area contributed by atoms with Crippen LogP contribution in [-0.4, -0.2) is 67.2 Å². The third-order valence-electron chi connectivity index (χ3n) is 5.39. The number of carbonyl (C=O) groups is 3. The van der Waals surface area contributed by atoms with Gasteiger partial charge in [0.1, 0.15) is 28.2 Å². The number of carbonyl (C=O) groups excluding carboxylic acids is 3. The van der Waals surface area contributed by atoms with Crippen molar-refractivity contribution < 1.29 is 28.6 Å². The van der Waals surface area contributed by atoms with Crippen molar-refractivity contribution in [3.8, 4) is 11.3 Å². The van der Waals surface area contributed by atoms with Gasteiger partial charge in [-0.15, -0.1) is 0 Å². The van der Waals surface area contributed by atoms with Crippen LogP contribution in [0.3, 0.4) is 0 Å². The normalized spacial score (nSPS) is 12.0. The summed E-state index contributed by atoms with van der Waals surface area (Å²) in [5.41, 5.74) is 0.0672. The summed E-state index contributed by atoms with van der Waals surface area (Å²) in [6.07, 6.45) is 3.24. The molecule has 4 rings (SSSR count). The molecule has 12 nitrogen and oxygen atoms in total. The highest BCUT2D eigenvalue weighted by Crippen LogP contribution is 2.33. The van der Waals surface area contributed by atoms with E-state index in [4.69, 9.17) is 19.2 Å². The van der Waals surface area contributed by atoms with Crippen LogP contribution in [0.5, 0.6) is 0 Å². The highest BCUT2D eigenvalue weighted by atomic mass is 16.6. The molecule has 12 heteroatoms. The number of anilines is 1. The Morgan fingerprint density at radius 1 is 1.03 bits per heavy atom. The van der Waals surface area contributed by atoms with Gasteiger partial charge in [0.25, 0.3) is 0 Å². The average Bonchev–Trinajstić information content (AvgIpc) is 3.43.